The highest BCUT2D eigenvalue weighted by atomic mass is 32.2. The first-order chi connectivity index (χ1) is 12.7. The highest BCUT2D eigenvalue weighted by molar-refractivity contribution is 7.90. The van der Waals surface area contributed by atoms with Gasteiger partial charge in [-0.15, -0.1) is 0 Å². The number of rotatable bonds is 3. The highest BCUT2D eigenvalue weighted by Gasteiger charge is 2.35. The van der Waals surface area contributed by atoms with Gasteiger partial charge in [-0.05, 0) is 49.2 Å². The van der Waals surface area contributed by atoms with Crippen molar-refractivity contribution < 1.29 is 21.6 Å². The van der Waals surface area contributed by atoms with Crippen molar-refractivity contribution in [1.29, 1.82) is 0 Å². The minimum Gasteiger partial charge on any atom is -0.317 e. The second-order valence-corrected chi connectivity index (χ2v) is 8.17. The molecule has 142 valence electrons. The molecule has 0 fully saturated rings. The van der Waals surface area contributed by atoms with Crippen molar-refractivity contribution in [1.82, 2.24) is 4.98 Å². The fourth-order valence-electron chi connectivity index (χ4n) is 2.81. The molecular weight excluding hydrogens is 377 g/mol. The molecule has 27 heavy (non-hydrogen) atoms. The fourth-order valence-corrected chi connectivity index (χ4v) is 3.45. The van der Waals surface area contributed by atoms with E-state index in [4.69, 9.17) is 0 Å². The van der Waals surface area contributed by atoms with Gasteiger partial charge in [-0.3, -0.25) is 4.98 Å². The lowest BCUT2D eigenvalue weighted by atomic mass is 10.1. The lowest BCUT2D eigenvalue weighted by molar-refractivity contribution is -0.0940. The van der Waals surface area contributed by atoms with E-state index in [-0.39, 0.29) is 17.7 Å². The molecule has 2 heterocycles. The van der Waals surface area contributed by atoms with Gasteiger partial charge < -0.3 is 4.90 Å². The Bertz CT molecular complexity index is 980. The Hall–Kier alpha value is -2.61. The first-order valence-electron chi connectivity index (χ1n) is 8.14. The van der Waals surface area contributed by atoms with Crippen LogP contribution in [0, 0.1) is 0 Å². The van der Waals surface area contributed by atoms with Gasteiger partial charge >= 0.3 is 6.18 Å². The molecule has 1 aliphatic heterocycles. The maximum Gasteiger partial charge on any atom is 0.414 e. The number of alkyl halides is 3. The average molecular weight is 394 g/mol. The SMILES string of the molecule is CS(=O)(=O)c1ccc(N2C=C(C(F)(F)F)CCC=C2c2ccncc2)cc1. The maximum absolute atomic E-state index is 13.4. The van der Waals surface area contributed by atoms with E-state index < -0.39 is 21.6 Å². The zero-order valence-corrected chi connectivity index (χ0v) is 15.3. The summed E-state index contributed by atoms with van der Waals surface area (Å²) in [6, 6.07) is 9.22. The summed E-state index contributed by atoms with van der Waals surface area (Å²) in [4.78, 5) is 5.50. The molecule has 0 N–H and O–H groups in total. The van der Waals surface area contributed by atoms with Gasteiger partial charge in [0.25, 0.3) is 0 Å². The van der Waals surface area contributed by atoms with Crippen molar-refractivity contribution in [3.63, 3.8) is 0 Å². The maximum atomic E-state index is 13.4. The number of nitrogens with zero attached hydrogens (tertiary/aromatic N) is 2. The Morgan fingerprint density at radius 2 is 1.67 bits per heavy atom. The van der Waals surface area contributed by atoms with E-state index in [0.717, 1.165) is 18.0 Å². The quantitative estimate of drug-likeness (QED) is 0.765. The van der Waals surface area contributed by atoms with Crippen LogP contribution in [0.25, 0.3) is 5.70 Å². The summed E-state index contributed by atoms with van der Waals surface area (Å²) in [6.45, 7) is 0. The first kappa shape index (κ1) is 19.2. The van der Waals surface area contributed by atoms with E-state index in [2.05, 4.69) is 4.98 Å². The molecule has 4 nitrogen and oxygen atoms in total. The van der Waals surface area contributed by atoms with Gasteiger partial charge in [-0.1, -0.05) is 6.08 Å². The zero-order valence-electron chi connectivity index (χ0n) is 14.4. The number of halogens is 3. The van der Waals surface area contributed by atoms with Crippen molar-refractivity contribution in [3.8, 4) is 0 Å². The van der Waals surface area contributed by atoms with Crippen LogP contribution in [-0.4, -0.2) is 25.8 Å². The number of sulfone groups is 1. The molecule has 0 atom stereocenters. The average Bonchev–Trinajstić information content (AvgIpc) is 2.85. The van der Waals surface area contributed by atoms with Crippen LogP contribution in [0.4, 0.5) is 18.9 Å². The summed E-state index contributed by atoms with van der Waals surface area (Å²) in [5, 5.41) is 0. The van der Waals surface area contributed by atoms with Gasteiger partial charge in [0.05, 0.1) is 4.90 Å². The standard InChI is InChI=1S/C19H17F3N2O2S/c1-27(25,26)17-7-5-16(6-8-17)24-13-15(19(20,21)22)3-2-4-18(24)14-9-11-23-12-10-14/h4-13H,2-3H2,1H3. The van der Waals surface area contributed by atoms with Crippen LogP contribution < -0.4 is 4.90 Å². The molecule has 3 rings (SSSR count). The van der Waals surface area contributed by atoms with Crippen LogP contribution in [0.3, 0.4) is 0 Å². The zero-order chi connectivity index (χ0) is 19.7. The first-order valence-corrected chi connectivity index (χ1v) is 10.0. The third-order valence-corrected chi connectivity index (χ3v) is 5.31. The number of benzene rings is 1. The second-order valence-electron chi connectivity index (χ2n) is 6.15. The molecule has 2 aromatic rings. The van der Waals surface area contributed by atoms with Gasteiger partial charge in [0.1, 0.15) is 0 Å². The summed E-state index contributed by atoms with van der Waals surface area (Å²) in [7, 11) is -3.39. The molecule has 0 radical (unpaired) electrons. The molecular formula is C19H17F3N2O2S. The van der Waals surface area contributed by atoms with Crippen molar-refractivity contribution in [2.75, 3.05) is 11.2 Å². The molecule has 0 saturated carbocycles. The summed E-state index contributed by atoms with van der Waals surface area (Å²) in [6.07, 6.45) is 2.71. The van der Waals surface area contributed by atoms with E-state index in [9.17, 15) is 21.6 Å². The largest absolute Gasteiger partial charge is 0.414 e. The van der Waals surface area contributed by atoms with Gasteiger partial charge in [0.2, 0.25) is 0 Å². The number of anilines is 1. The molecule has 0 bridgehead atoms. The van der Waals surface area contributed by atoms with Crippen LogP contribution in [0.2, 0.25) is 0 Å². The predicted octanol–water partition coefficient (Wildman–Crippen LogP) is 4.57. The fraction of sp³-hybridized carbons (Fsp3) is 0.211. The Labute approximate surface area is 155 Å². The monoisotopic (exact) mass is 394 g/mol. The molecule has 1 aromatic heterocycles. The Morgan fingerprint density at radius 3 is 2.22 bits per heavy atom. The van der Waals surface area contributed by atoms with Gasteiger partial charge in [0.15, 0.2) is 9.84 Å². The van der Waals surface area contributed by atoms with Gasteiger partial charge in [0, 0.05) is 47.4 Å². The minimum absolute atomic E-state index is 0.107. The topological polar surface area (TPSA) is 50.3 Å². The number of allylic oxidation sites excluding steroid dienone is 2. The number of hydrogen-bond donors (Lipinski definition) is 0. The number of aromatic nitrogens is 1. The van der Waals surface area contributed by atoms with Crippen LogP contribution in [0.15, 0.2) is 71.5 Å². The minimum atomic E-state index is -4.44. The van der Waals surface area contributed by atoms with Crippen LogP contribution in [0.5, 0.6) is 0 Å². The van der Waals surface area contributed by atoms with E-state index >= 15 is 0 Å². The highest BCUT2D eigenvalue weighted by Crippen LogP contribution is 2.37. The lowest BCUT2D eigenvalue weighted by Crippen LogP contribution is -2.19. The second kappa shape index (κ2) is 7.19. The smallest absolute Gasteiger partial charge is 0.317 e. The Balaban J connectivity index is 2.11. The Kier molecular flexibility index (Phi) is 5.10. The van der Waals surface area contributed by atoms with E-state index in [1.165, 1.54) is 29.2 Å². The molecule has 0 spiro atoms. The molecule has 1 aliphatic rings. The molecule has 0 unspecified atom stereocenters. The van der Waals surface area contributed by atoms with Crippen LogP contribution in [0.1, 0.15) is 18.4 Å². The van der Waals surface area contributed by atoms with Gasteiger partial charge in [-0.25, -0.2) is 8.42 Å². The summed E-state index contributed by atoms with van der Waals surface area (Å²) < 4.78 is 63.4. The summed E-state index contributed by atoms with van der Waals surface area (Å²) in [5.74, 6) is 0. The third kappa shape index (κ3) is 4.39. The van der Waals surface area contributed by atoms with Crippen LogP contribution in [-0.2, 0) is 9.84 Å². The molecule has 0 saturated heterocycles. The van der Waals surface area contributed by atoms with E-state index in [0.29, 0.717) is 11.4 Å². The predicted molar refractivity (Wildman–Crippen MR) is 97.6 cm³/mol. The van der Waals surface area contributed by atoms with E-state index in [1.807, 2.05) is 0 Å². The van der Waals surface area contributed by atoms with Gasteiger partial charge in [-0.2, -0.15) is 13.2 Å². The van der Waals surface area contributed by atoms with Crippen molar-refractivity contribution in [2.24, 2.45) is 0 Å². The van der Waals surface area contributed by atoms with E-state index in [1.54, 1.807) is 30.6 Å². The van der Waals surface area contributed by atoms with Crippen molar-refractivity contribution in [3.05, 3.63) is 72.2 Å². The molecule has 8 heteroatoms. The van der Waals surface area contributed by atoms with Crippen LogP contribution >= 0.6 is 0 Å². The normalized spacial score (nSPS) is 15.8. The summed E-state index contributed by atoms with van der Waals surface area (Å²) >= 11 is 0. The van der Waals surface area contributed by atoms with Crippen molar-refractivity contribution in [2.45, 2.75) is 23.9 Å². The lowest BCUT2D eigenvalue weighted by Gasteiger charge is -2.25. The van der Waals surface area contributed by atoms with Crippen molar-refractivity contribution >= 4 is 21.2 Å². The Morgan fingerprint density at radius 1 is 1.04 bits per heavy atom. The number of hydrogen-bond acceptors (Lipinski definition) is 4. The number of pyridine rings is 1. The molecule has 0 amide bonds. The third-order valence-electron chi connectivity index (χ3n) is 4.18. The molecule has 0 aliphatic carbocycles. The molecule has 1 aromatic carbocycles. The summed E-state index contributed by atoms with van der Waals surface area (Å²) in [5.41, 5.74) is 1.10.